The van der Waals surface area contributed by atoms with Crippen molar-refractivity contribution in [2.45, 2.75) is 51.1 Å². The van der Waals surface area contributed by atoms with Crippen LogP contribution in [-0.4, -0.2) is 108 Å². The number of carbonyl (C=O) groups excluding carboxylic acids is 1. The fourth-order valence-electron chi connectivity index (χ4n) is 7.92. The van der Waals surface area contributed by atoms with Crippen LogP contribution in [0.4, 0.5) is 24.9 Å². The van der Waals surface area contributed by atoms with Crippen LogP contribution in [0.1, 0.15) is 49.1 Å². The van der Waals surface area contributed by atoms with Gasteiger partial charge in [0.1, 0.15) is 11.3 Å². The van der Waals surface area contributed by atoms with E-state index < -0.39 is 12.8 Å². The topological polar surface area (TPSA) is 93.7 Å². The molecule has 1 aliphatic carbocycles. The SMILES string of the molecule is C=CC(=O)N1CC2(CCN(c3nc(N(C)CCN4CCC4)nc4c(OCC(F)(F)F)c(-c5c(C)ccc6[nH]ncc56)c(C5CC5)cc34)CC2)C1. The zero-order valence-electron chi connectivity index (χ0n) is 28.7. The number of hydrogen-bond acceptors (Lipinski definition) is 8. The van der Waals surface area contributed by atoms with Crippen LogP contribution in [0.25, 0.3) is 32.9 Å². The Hall–Kier alpha value is -4.39. The van der Waals surface area contributed by atoms with Crippen LogP contribution in [0.15, 0.2) is 37.1 Å². The molecule has 4 fully saturated rings. The van der Waals surface area contributed by atoms with Gasteiger partial charge in [0, 0.05) is 68.1 Å². The van der Waals surface area contributed by atoms with E-state index in [1.807, 2.05) is 35.9 Å². The Labute approximate surface area is 289 Å². The van der Waals surface area contributed by atoms with E-state index in [0.29, 0.717) is 55.1 Å². The summed E-state index contributed by atoms with van der Waals surface area (Å²) in [7, 11) is 1.95. The number of H-pyrrole nitrogens is 1. The number of amides is 1. The van der Waals surface area contributed by atoms with Gasteiger partial charge in [0.05, 0.1) is 11.7 Å². The van der Waals surface area contributed by atoms with E-state index >= 15 is 0 Å². The number of hydrogen-bond donors (Lipinski definition) is 1. The number of aromatic amines is 1. The Kier molecular flexibility index (Phi) is 8.15. The fraction of sp³-hybridized carbons (Fsp3) is 0.514. The third kappa shape index (κ3) is 6.03. The van der Waals surface area contributed by atoms with Crippen LogP contribution in [0.5, 0.6) is 5.75 Å². The standard InChI is InChI=1S/C37H43F3N8O2/c1-4-29(49)48-20-36(21-48)10-14-47(15-11-36)34-26-18-25(24-7-8-24)31(30-23(2)6-9-28-27(30)19-41-44-28)33(50-22-37(38,39)40)32(26)42-35(43-34)45(3)16-17-46-12-5-13-46/h4,6,9,18-19,24H,1,5,7-8,10-17,20-22H2,2-3H3,(H,41,44). The summed E-state index contributed by atoms with van der Waals surface area (Å²) in [5.41, 5.74) is 4.60. The molecule has 2 aromatic heterocycles. The number of nitrogens with zero attached hydrogens (tertiary/aromatic N) is 7. The van der Waals surface area contributed by atoms with Crippen LogP contribution >= 0.6 is 0 Å². The summed E-state index contributed by atoms with van der Waals surface area (Å²) in [6, 6.07) is 6.04. The van der Waals surface area contributed by atoms with E-state index in [9.17, 15) is 18.0 Å². The molecule has 4 aromatic rings. The number of aromatic nitrogens is 4. The van der Waals surface area contributed by atoms with Gasteiger partial charge in [-0.05, 0) is 92.9 Å². The highest BCUT2D eigenvalue weighted by molar-refractivity contribution is 6.06. The van der Waals surface area contributed by atoms with Crippen molar-refractivity contribution in [3.05, 3.63) is 48.2 Å². The molecular weight excluding hydrogens is 645 g/mol. The number of alkyl halides is 3. The Morgan fingerprint density at radius 2 is 1.88 bits per heavy atom. The average molecular weight is 689 g/mol. The summed E-state index contributed by atoms with van der Waals surface area (Å²) in [5, 5.41) is 8.85. The van der Waals surface area contributed by atoms with Crippen molar-refractivity contribution < 1.29 is 22.7 Å². The normalized spacial score (nSPS) is 19.1. The lowest BCUT2D eigenvalue weighted by Crippen LogP contribution is -2.61. The van der Waals surface area contributed by atoms with Crippen LogP contribution < -0.4 is 14.5 Å². The molecule has 0 bridgehead atoms. The second-order valence-electron chi connectivity index (χ2n) is 14.7. The van der Waals surface area contributed by atoms with Crippen molar-refractivity contribution in [2.24, 2.45) is 5.41 Å². The van der Waals surface area contributed by atoms with Gasteiger partial charge in [-0.2, -0.15) is 23.3 Å². The molecule has 3 aliphatic heterocycles. The Bertz CT molecular complexity index is 1950. The van der Waals surface area contributed by atoms with Crippen molar-refractivity contribution >= 4 is 39.5 Å². The van der Waals surface area contributed by atoms with Gasteiger partial charge in [-0.25, -0.2) is 4.98 Å². The maximum Gasteiger partial charge on any atom is 0.422 e. The summed E-state index contributed by atoms with van der Waals surface area (Å²) < 4.78 is 48.0. The van der Waals surface area contributed by atoms with Crippen molar-refractivity contribution in [2.75, 3.05) is 75.8 Å². The molecule has 4 aliphatic rings. The Morgan fingerprint density at radius 1 is 1.12 bits per heavy atom. The summed E-state index contributed by atoms with van der Waals surface area (Å²) in [5.74, 6) is 1.47. The maximum atomic E-state index is 14.0. The first-order chi connectivity index (χ1) is 24.0. The first-order valence-electron chi connectivity index (χ1n) is 17.6. The number of fused-ring (bicyclic) bond motifs is 2. The quantitative estimate of drug-likeness (QED) is 0.201. The molecule has 0 atom stereocenters. The molecule has 1 amide bonds. The number of benzene rings is 2. The molecule has 13 heteroatoms. The lowest BCUT2D eigenvalue weighted by Gasteiger charge is -2.54. The molecule has 264 valence electrons. The summed E-state index contributed by atoms with van der Waals surface area (Å²) in [4.78, 5) is 30.9. The van der Waals surface area contributed by atoms with Crippen LogP contribution in [0, 0.1) is 12.3 Å². The second kappa shape index (κ2) is 12.4. The number of carbonyl (C=O) groups is 1. The zero-order chi connectivity index (χ0) is 34.8. The summed E-state index contributed by atoms with van der Waals surface area (Å²) in [6.45, 7) is 10.7. The van der Waals surface area contributed by atoms with E-state index in [0.717, 1.165) is 78.7 Å². The smallest absolute Gasteiger partial charge is 0.422 e. The highest BCUT2D eigenvalue weighted by atomic mass is 19.4. The van der Waals surface area contributed by atoms with Gasteiger partial charge in [0.25, 0.3) is 0 Å². The predicted molar refractivity (Wildman–Crippen MR) is 188 cm³/mol. The largest absolute Gasteiger partial charge is 0.481 e. The highest BCUT2D eigenvalue weighted by Crippen LogP contribution is 2.53. The predicted octanol–water partition coefficient (Wildman–Crippen LogP) is 6.06. The lowest BCUT2D eigenvalue weighted by atomic mass is 9.72. The number of rotatable bonds is 10. The third-order valence-corrected chi connectivity index (χ3v) is 11.1. The molecule has 0 radical (unpaired) electrons. The molecule has 2 aromatic carbocycles. The molecule has 0 unspecified atom stereocenters. The summed E-state index contributed by atoms with van der Waals surface area (Å²) >= 11 is 0. The number of likely N-dealkylation sites (N-methyl/N-ethyl adjacent to an activating group) is 1. The maximum absolute atomic E-state index is 14.0. The zero-order valence-corrected chi connectivity index (χ0v) is 28.7. The average Bonchev–Trinajstić information content (AvgIpc) is 3.80. The second-order valence-corrected chi connectivity index (χ2v) is 14.7. The minimum Gasteiger partial charge on any atom is -0.481 e. The van der Waals surface area contributed by atoms with Crippen LogP contribution in [-0.2, 0) is 4.79 Å². The Morgan fingerprint density at radius 3 is 2.54 bits per heavy atom. The van der Waals surface area contributed by atoms with Gasteiger partial charge in [-0.1, -0.05) is 12.6 Å². The van der Waals surface area contributed by atoms with Gasteiger partial charge in [-0.3, -0.25) is 9.89 Å². The van der Waals surface area contributed by atoms with Crippen LogP contribution in [0.2, 0.25) is 0 Å². The minimum absolute atomic E-state index is 0.0399. The molecule has 5 heterocycles. The number of aryl methyl sites for hydroxylation is 1. The first-order valence-corrected chi connectivity index (χ1v) is 17.6. The van der Waals surface area contributed by atoms with Gasteiger partial charge >= 0.3 is 6.18 Å². The van der Waals surface area contributed by atoms with E-state index in [1.165, 1.54) is 12.5 Å². The first kappa shape index (κ1) is 32.8. The number of nitrogens with one attached hydrogen (secondary N) is 1. The fourth-order valence-corrected chi connectivity index (χ4v) is 7.92. The van der Waals surface area contributed by atoms with Gasteiger partial charge in [0.2, 0.25) is 11.9 Å². The van der Waals surface area contributed by atoms with E-state index in [2.05, 4.69) is 32.6 Å². The van der Waals surface area contributed by atoms with Crippen LogP contribution in [0.3, 0.4) is 0 Å². The van der Waals surface area contributed by atoms with E-state index in [-0.39, 0.29) is 23.0 Å². The third-order valence-electron chi connectivity index (χ3n) is 11.1. The molecular formula is C37H43F3N8O2. The molecule has 1 saturated carbocycles. The number of halogens is 3. The number of anilines is 2. The molecule has 1 N–H and O–H groups in total. The Balaban J connectivity index is 1.28. The molecule has 10 nitrogen and oxygen atoms in total. The van der Waals surface area contributed by atoms with Crippen molar-refractivity contribution in [3.63, 3.8) is 0 Å². The molecule has 8 rings (SSSR count). The summed E-state index contributed by atoms with van der Waals surface area (Å²) in [6.07, 6.45) is 3.39. The van der Waals surface area contributed by atoms with E-state index in [4.69, 9.17) is 14.7 Å². The molecule has 50 heavy (non-hydrogen) atoms. The number of piperidine rings is 1. The lowest BCUT2D eigenvalue weighted by molar-refractivity contribution is -0.153. The molecule has 3 saturated heterocycles. The number of ether oxygens (including phenoxy) is 1. The van der Waals surface area contributed by atoms with Gasteiger partial charge < -0.3 is 24.3 Å². The van der Waals surface area contributed by atoms with E-state index in [1.54, 1.807) is 6.20 Å². The highest BCUT2D eigenvalue weighted by Gasteiger charge is 2.46. The van der Waals surface area contributed by atoms with Crippen molar-refractivity contribution in [1.29, 1.82) is 0 Å². The minimum atomic E-state index is -4.55. The van der Waals surface area contributed by atoms with Gasteiger partial charge in [-0.15, -0.1) is 0 Å². The number of likely N-dealkylation sites (tertiary alicyclic amines) is 2. The van der Waals surface area contributed by atoms with Crippen molar-refractivity contribution in [3.8, 4) is 16.9 Å². The van der Waals surface area contributed by atoms with Crippen molar-refractivity contribution in [1.82, 2.24) is 30.0 Å². The molecule has 1 spiro atoms. The van der Waals surface area contributed by atoms with Gasteiger partial charge in [0.15, 0.2) is 12.4 Å². The monoisotopic (exact) mass is 688 g/mol.